The predicted octanol–water partition coefficient (Wildman–Crippen LogP) is 2.48. The molecule has 0 aliphatic heterocycles. The van der Waals surface area contributed by atoms with Gasteiger partial charge in [-0.1, -0.05) is 27.7 Å². The van der Waals surface area contributed by atoms with Crippen molar-refractivity contribution in [3.8, 4) is 0 Å². The van der Waals surface area contributed by atoms with Crippen molar-refractivity contribution in [1.29, 1.82) is 0 Å². The van der Waals surface area contributed by atoms with Crippen molar-refractivity contribution in [3.63, 3.8) is 0 Å². The van der Waals surface area contributed by atoms with Gasteiger partial charge in [0.25, 0.3) is 0 Å². The Morgan fingerprint density at radius 2 is 1.00 bits per heavy atom. The second-order valence-electron chi connectivity index (χ2n) is 6.13. The molecule has 0 fully saturated rings. The van der Waals surface area contributed by atoms with Gasteiger partial charge in [-0.05, 0) is 36.1 Å². The lowest BCUT2D eigenvalue weighted by atomic mass is 10.3. The fourth-order valence-corrected chi connectivity index (χ4v) is 4.84. The summed E-state index contributed by atoms with van der Waals surface area (Å²) in [6.07, 6.45) is 0. The van der Waals surface area contributed by atoms with Gasteiger partial charge < -0.3 is 0 Å². The lowest BCUT2D eigenvalue weighted by Gasteiger charge is -2.12. The zero-order chi connectivity index (χ0) is 17.0. The molecule has 0 aliphatic carbocycles. The first-order chi connectivity index (χ1) is 9.99. The summed E-state index contributed by atoms with van der Waals surface area (Å²) < 4.78 is 52.2. The summed E-state index contributed by atoms with van der Waals surface area (Å²) in [5.74, 6) is 0.130. The van der Waals surface area contributed by atoms with Crippen LogP contribution in [0.25, 0.3) is 0 Å². The molecule has 0 spiro atoms. The number of nitrogens with one attached hydrogen (secondary N) is 2. The first-order valence-corrected chi connectivity index (χ1v) is 10.4. The molecule has 1 aromatic carbocycles. The van der Waals surface area contributed by atoms with Crippen LogP contribution in [0.2, 0.25) is 0 Å². The van der Waals surface area contributed by atoms with E-state index in [1.807, 2.05) is 27.7 Å². The second kappa shape index (κ2) is 7.32. The molecule has 1 rings (SSSR count). The van der Waals surface area contributed by atoms with Gasteiger partial charge in [-0.15, -0.1) is 0 Å². The van der Waals surface area contributed by atoms with Gasteiger partial charge in [0.15, 0.2) is 0 Å². The molecule has 22 heavy (non-hydrogen) atoms. The number of hydrogen-bond acceptors (Lipinski definition) is 4. The van der Waals surface area contributed by atoms with Crippen molar-refractivity contribution in [3.05, 3.63) is 24.3 Å². The van der Waals surface area contributed by atoms with E-state index in [0.717, 1.165) is 0 Å². The standard InChI is InChI=1S/C14H24N2O4S2/c1-11(2)9-21(17,18)15-13-5-7-14(8-6-13)16-22(19,20)10-12(3)4/h5-8,11-12,15-16H,9-10H2,1-4H3. The molecule has 0 unspecified atom stereocenters. The van der Waals surface area contributed by atoms with Crippen LogP contribution in [0.3, 0.4) is 0 Å². The Bertz CT molecular complexity index is 617. The molecule has 0 saturated heterocycles. The Morgan fingerprint density at radius 3 is 1.23 bits per heavy atom. The van der Waals surface area contributed by atoms with E-state index >= 15 is 0 Å². The van der Waals surface area contributed by atoms with Crippen molar-refractivity contribution >= 4 is 31.4 Å². The molecule has 0 bridgehead atoms. The van der Waals surface area contributed by atoms with Crippen LogP contribution in [0.1, 0.15) is 27.7 Å². The molecule has 0 aromatic heterocycles. The molecule has 2 N–H and O–H groups in total. The summed E-state index contributed by atoms with van der Waals surface area (Å²) in [5.41, 5.74) is 0.819. The van der Waals surface area contributed by atoms with Gasteiger partial charge in [-0.3, -0.25) is 9.44 Å². The molecule has 6 nitrogen and oxygen atoms in total. The Labute approximate surface area is 133 Å². The van der Waals surface area contributed by atoms with Crippen molar-refractivity contribution in [2.75, 3.05) is 20.9 Å². The van der Waals surface area contributed by atoms with Crippen LogP contribution in [0.4, 0.5) is 11.4 Å². The van der Waals surface area contributed by atoms with Crippen LogP contribution >= 0.6 is 0 Å². The van der Waals surface area contributed by atoms with Gasteiger partial charge in [0.1, 0.15) is 0 Å². The van der Waals surface area contributed by atoms with E-state index < -0.39 is 20.0 Å². The Kier molecular flexibility index (Phi) is 6.25. The lowest BCUT2D eigenvalue weighted by molar-refractivity contribution is 0.585. The first-order valence-electron chi connectivity index (χ1n) is 7.10. The molecular formula is C14H24N2O4S2. The van der Waals surface area contributed by atoms with E-state index in [9.17, 15) is 16.8 Å². The molecule has 0 saturated carbocycles. The fourth-order valence-electron chi connectivity index (χ4n) is 1.93. The van der Waals surface area contributed by atoms with E-state index in [0.29, 0.717) is 11.4 Å². The molecule has 0 radical (unpaired) electrons. The average molecular weight is 348 g/mol. The summed E-state index contributed by atoms with van der Waals surface area (Å²) in [5, 5.41) is 0. The minimum Gasteiger partial charge on any atom is -0.284 e. The summed E-state index contributed by atoms with van der Waals surface area (Å²) in [6, 6.07) is 6.13. The summed E-state index contributed by atoms with van der Waals surface area (Å²) in [7, 11) is -6.77. The van der Waals surface area contributed by atoms with E-state index in [4.69, 9.17) is 0 Å². The highest BCUT2D eigenvalue weighted by Crippen LogP contribution is 2.17. The van der Waals surface area contributed by atoms with Crippen molar-refractivity contribution in [2.24, 2.45) is 11.8 Å². The van der Waals surface area contributed by atoms with Crippen LogP contribution < -0.4 is 9.44 Å². The fraction of sp³-hybridized carbons (Fsp3) is 0.571. The zero-order valence-electron chi connectivity index (χ0n) is 13.3. The van der Waals surface area contributed by atoms with Crippen LogP contribution in [0.15, 0.2) is 24.3 Å². The third-order valence-electron chi connectivity index (χ3n) is 2.54. The summed E-state index contributed by atoms with van der Waals surface area (Å²) in [4.78, 5) is 0. The molecule has 1 aromatic rings. The maximum absolute atomic E-state index is 11.8. The van der Waals surface area contributed by atoms with E-state index in [-0.39, 0.29) is 23.3 Å². The Hall–Kier alpha value is -1.28. The van der Waals surface area contributed by atoms with Crippen LogP contribution in [0, 0.1) is 11.8 Å². The van der Waals surface area contributed by atoms with E-state index in [1.54, 1.807) is 0 Å². The Balaban J connectivity index is 2.75. The second-order valence-corrected chi connectivity index (χ2v) is 9.67. The van der Waals surface area contributed by atoms with Gasteiger partial charge in [0, 0.05) is 11.4 Å². The van der Waals surface area contributed by atoms with Crippen molar-refractivity contribution in [2.45, 2.75) is 27.7 Å². The van der Waals surface area contributed by atoms with Crippen molar-refractivity contribution in [1.82, 2.24) is 0 Å². The van der Waals surface area contributed by atoms with Crippen LogP contribution in [-0.4, -0.2) is 28.3 Å². The molecular weight excluding hydrogens is 324 g/mol. The average Bonchev–Trinajstić information content (AvgIpc) is 2.27. The largest absolute Gasteiger partial charge is 0.284 e. The third-order valence-corrected chi connectivity index (χ3v) is 5.84. The van der Waals surface area contributed by atoms with Gasteiger partial charge in [0.05, 0.1) is 11.5 Å². The van der Waals surface area contributed by atoms with Gasteiger partial charge in [-0.2, -0.15) is 0 Å². The summed E-state index contributed by atoms with van der Waals surface area (Å²) >= 11 is 0. The Morgan fingerprint density at radius 1 is 0.727 bits per heavy atom. The molecule has 126 valence electrons. The van der Waals surface area contributed by atoms with Gasteiger partial charge in [-0.25, -0.2) is 16.8 Å². The van der Waals surface area contributed by atoms with Crippen LogP contribution in [-0.2, 0) is 20.0 Å². The van der Waals surface area contributed by atoms with E-state index in [2.05, 4.69) is 9.44 Å². The van der Waals surface area contributed by atoms with E-state index in [1.165, 1.54) is 24.3 Å². The number of benzene rings is 1. The molecule has 0 aliphatic rings. The highest BCUT2D eigenvalue weighted by Gasteiger charge is 2.14. The lowest BCUT2D eigenvalue weighted by Crippen LogP contribution is -2.21. The number of rotatable bonds is 8. The minimum atomic E-state index is -3.39. The quantitative estimate of drug-likeness (QED) is 0.755. The van der Waals surface area contributed by atoms with Crippen LogP contribution in [0.5, 0.6) is 0 Å². The highest BCUT2D eigenvalue weighted by atomic mass is 32.2. The summed E-state index contributed by atoms with van der Waals surface area (Å²) in [6.45, 7) is 7.30. The molecule has 0 amide bonds. The minimum absolute atomic E-state index is 0.0274. The smallest absolute Gasteiger partial charge is 0.232 e. The maximum Gasteiger partial charge on any atom is 0.232 e. The number of anilines is 2. The third kappa shape index (κ3) is 7.13. The number of hydrogen-bond donors (Lipinski definition) is 2. The zero-order valence-corrected chi connectivity index (χ0v) is 15.0. The molecule has 0 atom stereocenters. The molecule has 0 heterocycles. The van der Waals surface area contributed by atoms with Gasteiger partial charge in [0.2, 0.25) is 20.0 Å². The SMILES string of the molecule is CC(C)CS(=O)(=O)Nc1ccc(NS(=O)(=O)CC(C)C)cc1. The van der Waals surface area contributed by atoms with Gasteiger partial charge >= 0.3 is 0 Å². The van der Waals surface area contributed by atoms with Crippen molar-refractivity contribution < 1.29 is 16.8 Å². The predicted molar refractivity (Wildman–Crippen MR) is 90.9 cm³/mol. The maximum atomic E-state index is 11.8. The number of sulfonamides is 2. The monoisotopic (exact) mass is 348 g/mol. The topological polar surface area (TPSA) is 92.3 Å². The molecule has 8 heteroatoms. The normalized spacial score (nSPS) is 12.6. The highest BCUT2D eigenvalue weighted by molar-refractivity contribution is 7.93. The first kappa shape index (κ1) is 18.8.